The molecule has 1 heterocycles. The van der Waals surface area contributed by atoms with Crippen molar-refractivity contribution in [1.82, 2.24) is 5.32 Å². The van der Waals surface area contributed by atoms with Gasteiger partial charge in [-0.3, -0.25) is 0 Å². The number of hydrogen-bond acceptors (Lipinski definition) is 3. The summed E-state index contributed by atoms with van der Waals surface area (Å²) in [5.74, 6) is 0. The van der Waals surface area contributed by atoms with Crippen LogP contribution in [0.1, 0.15) is 15.3 Å². The van der Waals surface area contributed by atoms with Gasteiger partial charge in [-0.1, -0.05) is 29.3 Å². The van der Waals surface area contributed by atoms with Crippen LogP contribution in [0.3, 0.4) is 0 Å². The van der Waals surface area contributed by atoms with E-state index in [1.54, 1.807) is 6.07 Å². The van der Waals surface area contributed by atoms with Gasteiger partial charge in [0.1, 0.15) is 10.9 Å². The van der Waals surface area contributed by atoms with Gasteiger partial charge in [-0.05, 0) is 42.8 Å². The van der Waals surface area contributed by atoms with Crippen molar-refractivity contribution in [3.63, 3.8) is 0 Å². The first-order chi connectivity index (χ1) is 9.19. The third-order valence-electron chi connectivity index (χ3n) is 2.66. The Morgan fingerprint density at radius 1 is 1.21 bits per heavy atom. The average molecular weight is 311 g/mol. The maximum atomic E-state index is 8.74. The molecule has 0 amide bonds. The van der Waals surface area contributed by atoms with Crippen LogP contribution in [0.25, 0.3) is 0 Å². The summed E-state index contributed by atoms with van der Waals surface area (Å²) in [6, 6.07) is 11.5. The van der Waals surface area contributed by atoms with E-state index in [-0.39, 0.29) is 0 Å². The van der Waals surface area contributed by atoms with Crippen LogP contribution in [-0.2, 0) is 13.0 Å². The Morgan fingerprint density at radius 3 is 2.74 bits per heavy atom. The molecule has 0 spiro atoms. The summed E-state index contributed by atoms with van der Waals surface area (Å²) in [7, 11) is 0. The number of halogens is 2. The van der Waals surface area contributed by atoms with Gasteiger partial charge in [0.05, 0.1) is 0 Å². The summed E-state index contributed by atoms with van der Waals surface area (Å²) < 4.78 is 0. The van der Waals surface area contributed by atoms with Crippen LogP contribution >= 0.6 is 34.5 Å². The predicted octanol–water partition coefficient (Wildman–Crippen LogP) is 4.26. The van der Waals surface area contributed by atoms with E-state index < -0.39 is 0 Å². The second kappa shape index (κ2) is 6.93. The molecular formula is C14H12Cl2N2S. The molecule has 0 bridgehead atoms. The van der Waals surface area contributed by atoms with E-state index in [1.165, 1.54) is 16.2 Å². The summed E-state index contributed by atoms with van der Waals surface area (Å²) in [5.41, 5.74) is 1.09. The highest BCUT2D eigenvalue weighted by Crippen LogP contribution is 2.21. The quantitative estimate of drug-likeness (QED) is 0.838. The van der Waals surface area contributed by atoms with Gasteiger partial charge in [0.2, 0.25) is 0 Å². The molecule has 0 aliphatic heterocycles. The van der Waals surface area contributed by atoms with Crippen molar-refractivity contribution >= 4 is 34.5 Å². The lowest BCUT2D eigenvalue weighted by atomic mass is 10.1. The van der Waals surface area contributed by atoms with Crippen molar-refractivity contribution in [2.24, 2.45) is 0 Å². The zero-order chi connectivity index (χ0) is 13.7. The molecule has 98 valence electrons. The third kappa shape index (κ3) is 4.22. The van der Waals surface area contributed by atoms with Gasteiger partial charge in [-0.2, -0.15) is 5.26 Å². The van der Waals surface area contributed by atoms with Crippen molar-refractivity contribution in [2.45, 2.75) is 13.0 Å². The number of nitriles is 1. The first-order valence-corrected chi connectivity index (χ1v) is 7.40. The van der Waals surface area contributed by atoms with Gasteiger partial charge in [0.15, 0.2) is 0 Å². The van der Waals surface area contributed by atoms with Crippen molar-refractivity contribution in [3.8, 4) is 6.07 Å². The summed E-state index contributed by atoms with van der Waals surface area (Å²) in [4.78, 5) is 1.91. The number of nitrogens with zero attached hydrogens (tertiary/aromatic N) is 1. The maximum Gasteiger partial charge on any atom is 0.110 e. The van der Waals surface area contributed by atoms with Crippen LogP contribution in [-0.4, -0.2) is 6.54 Å². The first-order valence-electron chi connectivity index (χ1n) is 5.82. The lowest BCUT2D eigenvalue weighted by Gasteiger charge is -2.06. The van der Waals surface area contributed by atoms with E-state index in [2.05, 4.69) is 11.4 Å². The van der Waals surface area contributed by atoms with Crippen molar-refractivity contribution in [3.05, 3.63) is 55.7 Å². The highest BCUT2D eigenvalue weighted by molar-refractivity contribution is 7.12. The molecule has 2 rings (SSSR count). The molecule has 0 atom stereocenters. The fraction of sp³-hybridized carbons (Fsp3) is 0.214. The summed E-state index contributed by atoms with van der Waals surface area (Å²) in [6.07, 6.45) is 0.854. The van der Waals surface area contributed by atoms with Crippen molar-refractivity contribution in [2.75, 3.05) is 6.54 Å². The van der Waals surface area contributed by atoms with E-state index in [0.717, 1.165) is 30.0 Å². The fourth-order valence-electron chi connectivity index (χ4n) is 1.69. The summed E-state index contributed by atoms with van der Waals surface area (Å²) in [5, 5.41) is 13.4. The Kier molecular flexibility index (Phi) is 5.24. The van der Waals surface area contributed by atoms with Gasteiger partial charge in [0, 0.05) is 21.5 Å². The monoisotopic (exact) mass is 310 g/mol. The average Bonchev–Trinajstić information content (AvgIpc) is 2.84. The van der Waals surface area contributed by atoms with Gasteiger partial charge < -0.3 is 5.32 Å². The van der Waals surface area contributed by atoms with E-state index in [0.29, 0.717) is 10.0 Å². The van der Waals surface area contributed by atoms with E-state index >= 15 is 0 Å². The molecule has 0 saturated heterocycles. The molecule has 19 heavy (non-hydrogen) atoms. The molecular weight excluding hydrogens is 299 g/mol. The molecule has 2 nitrogen and oxygen atoms in total. The first kappa shape index (κ1) is 14.4. The van der Waals surface area contributed by atoms with E-state index in [9.17, 15) is 0 Å². The lowest BCUT2D eigenvalue weighted by Crippen LogP contribution is -2.16. The summed E-state index contributed by atoms with van der Waals surface area (Å²) >= 11 is 13.5. The third-order valence-corrected chi connectivity index (χ3v) is 4.23. The smallest absolute Gasteiger partial charge is 0.110 e. The SMILES string of the molecule is N#Cc1ccc(CNCCc2ccc(Cl)cc2Cl)s1. The lowest BCUT2D eigenvalue weighted by molar-refractivity contribution is 0.694. The number of rotatable bonds is 5. The largest absolute Gasteiger partial charge is 0.312 e. The van der Waals surface area contributed by atoms with E-state index in [1.807, 2.05) is 24.3 Å². The molecule has 0 saturated carbocycles. The normalized spacial score (nSPS) is 10.4. The minimum atomic E-state index is 0.657. The number of thiophene rings is 1. The topological polar surface area (TPSA) is 35.8 Å². The Labute approximate surface area is 126 Å². The minimum absolute atomic E-state index is 0.657. The molecule has 0 aliphatic rings. The second-order valence-electron chi connectivity index (χ2n) is 4.04. The molecule has 0 fully saturated rings. The zero-order valence-corrected chi connectivity index (χ0v) is 12.4. The van der Waals surface area contributed by atoms with Crippen LogP contribution in [0, 0.1) is 11.3 Å². The standard InChI is InChI=1S/C14H12Cl2N2S/c15-11-2-1-10(14(16)7-11)5-6-18-9-13-4-3-12(8-17)19-13/h1-4,7,18H,5-6,9H2. The van der Waals surface area contributed by atoms with Crippen LogP contribution < -0.4 is 5.32 Å². The molecule has 2 aromatic rings. The van der Waals surface area contributed by atoms with Gasteiger partial charge >= 0.3 is 0 Å². The molecule has 1 aromatic carbocycles. The number of hydrogen-bond donors (Lipinski definition) is 1. The van der Waals surface area contributed by atoms with Crippen LogP contribution in [0.4, 0.5) is 0 Å². The molecule has 0 unspecified atom stereocenters. The molecule has 1 aromatic heterocycles. The van der Waals surface area contributed by atoms with Crippen LogP contribution in [0.15, 0.2) is 30.3 Å². The molecule has 0 radical (unpaired) electrons. The number of benzene rings is 1. The van der Waals surface area contributed by atoms with Gasteiger partial charge in [0.25, 0.3) is 0 Å². The van der Waals surface area contributed by atoms with E-state index in [4.69, 9.17) is 28.5 Å². The Bertz CT molecular complexity index is 602. The van der Waals surface area contributed by atoms with Crippen molar-refractivity contribution in [1.29, 1.82) is 5.26 Å². The highest BCUT2D eigenvalue weighted by Gasteiger charge is 2.02. The fourth-order valence-corrected chi connectivity index (χ4v) is 2.97. The zero-order valence-electron chi connectivity index (χ0n) is 10.1. The second-order valence-corrected chi connectivity index (χ2v) is 6.05. The maximum absolute atomic E-state index is 8.74. The molecule has 0 aliphatic carbocycles. The van der Waals surface area contributed by atoms with Gasteiger partial charge in [-0.25, -0.2) is 0 Å². The molecule has 1 N–H and O–H groups in total. The van der Waals surface area contributed by atoms with Crippen molar-refractivity contribution < 1.29 is 0 Å². The minimum Gasteiger partial charge on any atom is -0.312 e. The predicted molar refractivity (Wildman–Crippen MR) is 80.9 cm³/mol. The Hall–Kier alpha value is -1.05. The van der Waals surface area contributed by atoms with Crippen LogP contribution in [0.2, 0.25) is 10.0 Å². The van der Waals surface area contributed by atoms with Gasteiger partial charge in [-0.15, -0.1) is 11.3 Å². The summed E-state index contributed by atoms with van der Waals surface area (Å²) in [6.45, 7) is 1.61. The highest BCUT2D eigenvalue weighted by atomic mass is 35.5. The Morgan fingerprint density at radius 2 is 2.05 bits per heavy atom. The number of nitrogens with one attached hydrogen (secondary N) is 1. The van der Waals surface area contributed by atoms with Crippen LogP contribution in [0.5, 0.6) is 0 Å². The molecule has 5 heteroatoms. The Balaban J connectivity index is 1.79.